The van der Waals surface area contributed by atoms with Gasteiger partial charge in [0, 0.05) is 29.4 Å². The van der Waals surface area contributed by atoms with E-state index < -0.39 is 6.10 Å². The molecular formula is C22H19ClN2O3S. The number of hydrogen-bond donors (Lipinski definition) is 1. The van der Waals surface area contributed by atoms with Crippen LogP contribution in [0.15, 0.2) is 60.0 Å². The molecule has 2 heterocycles. The van der Waals surface area contributed by atoms with Crippen molar-refractivity contribution in [1.82, 2.24) is 4.90 Å². The summed E-state index contributed by atoms with van der Waals surface area (Å²) >= 11 is 7.35. The quantitative estimate of drug-likeness (QED) is 0.641. The number of carbonyl (C=O) groups is 2. The fraction of sp³-hybridized carbons (Fsp3) is 0.182. The van der Waals surface area contributed by atoms with Crippen molar-refractivity contribution in [2.75, 3.05) is 5.32 Å². The zero-order chi connectivity index (χ0) is 20.4. The molecule has 0 saturated carbocycles. The minimum atomic E-state index is -0.588. The van der Waals surface area contributed by atoms with Crippen LogP contribution in [-0.4, -0.2) is 22.8 Å². The molecule has 1 aliphatic heterocycles. The zero-order valence-electron chi connectivity index (χ0n) is 15.7. The van der Waals surface area contributed by atoms with Crippen molar-refractivity contribution < 1.29 is 14.3 Å². The van der Waals surface area contributed by atoms with Crippen LogP contribution in [-0.2, 0) is 17.9 Å². The molecule has 0 fully saturated rings. The Balaban J connectivity index is 1.57. The van der Waals surface area contributed by atoms with Crippen LogP contribution in [0.5, 0.6) is 5.75 Å². The highest BCUT2D eigenvalue weighted by atomic mass is 35.5. The molecule has 0 unspecified atom stereocenters. The first-order valence-electron chi connectivity index (χ1n) is 9.17. The minimum Gasteiger partial charge on any atom is -0.481 e. The number of thiophene rings is 1. The van der Waals surface area contributed by atoms with Crippen LogP contribution >= 0.6 is 22.9 Å². The molecule has 3 aromatic rings. The summed E-state index contributed by atoms with van der Waals surface area (Å²) in [7, 11) is 0. The first-order chi connectivity index (χ1) is 14.0. The lowest BCUT2D eigenvalue weighted by Crippen LogP contribution is -2.37. The van der Waals surface area contributed by atoms with Gasteiger partial charge < -0.3 is 15.0 Å². The van der Waals surface area contributed by atoms with Gasteiger partial charge in [-0.05, 0) is 54.3 Å². The third-order valence-corrected chi connectivity index (χ3v) is 5.80. The number of carbonyl (C=O) groups excluding carboxylic acids is 2. The molecule has 0 aliphatic carbocycles. The molecule has 29 heavy (non-hydrogen) atoms. The van der Waals surface area contributed by atoms with Gasteiger partial charge in [-0.2, -0.15) is 0 Å². The number of nitrogens with zero attached hydrogens (tertiary/aromatic N) is 1. The molecule has 7 heteroatoms. The summed E-state index contributed by atoms with van der Waals surface area (Å²) in [5.74, 6) is 0.413. The SMILES string of the molecule is C[C@H]1Oc2ccc(NC(=O)c3cccs3)cc2CN(Cc2ccc(Cl)cc2)C1=O. The first kappa shape index (κ1) is 19.5. The Bertz CT molecular complexity index is 1030. The Morgan fingerprint density at radius 1 is 1.24 bits per heavy atom. The number of rotatable bonds is 4. The van der Waals surface area contributed by atoms with Crippen LogP contribution in [0.4, 0.5) is 5.69 Å². The number of fused-ring (bicyclic) bond motifs is 1. The first-order valence-corrected chi connectivity index (χ1v) is 10.4. The molecule has 4 rings (SSSR count). The molecule has 148 valence electrons. The molecule has 0 radical (unpaired) electrons. The predicted molar refractivity (Wildman–Crippen MR) is 115 cm³/mol. The van der Waals surface area contributed by atoms with Crippen LogP contribution in [0.2, 0.25) is 5.02 Å². The summed E-state index contributed by atoms with van der Waals surface area (Å²) in [4.78, 5) is 27.5. The van der Waals surface area contributed by atoms with Crippen molar-refractivity contribution in [3.8, 4) is 5.75 Å². The Morgan fingerprint density at radius 3 is 2.76 bits per heavy atom. The highest BCUT2D eigenvalue weighted by molar-refractivity contribution is 7.12. The third-order valence-electron chi connectivity index (χ3n) is 4.67. The maximum Gasteiger partial charge on any atom is 0.265 e. The average Bonchev–Trinajstić information content (AvgIpc) is 3.22. The second kappa shape index (κ2) is 8.27. The summed E-state index contributed by atoms with van der Waals surface area (Å²) in [5, 5.41) is 5.42. The van der Waals surface area contributed by atoms with Gasteiger partial charge in [0.2, 0.25) is 0 Å². The topological polar surface area (TPSA) is 58.6 Å². The zero-order valence-corrected chi connectivity index (χ0v) is 17.3. The van der Waals surface area contributed by atoms with Gasteiger partial charge in [0.1, 0.15) is 5.75 Å². The second-order valence-electron chi connectivity index (χ2n) is 6.83. The second-order valence-corrected chi connectivity index (χ2v) is 8.22. The predicted octanol–water partition coefficient (Wildman–Crippen LogP) is 4.96. The van der Waals surface area contributed by atoms with Gasteiger partial charge in [-0.25, -0.2) is 0 Å². The number of halogens is 1. The maximum atomic E-state index is 12.8. The van der Waals surface area contributed by atoms with Crippen molar-refractivity contribution in [2.24, 2.45) is 0 Å². The Kier molecular flexibility index (Phi) is 5.56. The third kappa shape index (κ3) is 4.44. The van der Waals surface area contributed by atoms with Gasteiger partial charge in [-0.15, -0.1) is 11.3 Å². The van der Waals surface area contributed by atoms with Gasteiger partial charge in [0.25, 0.3) is 11.8 Å². The summed E-state index contributed by atoms with van der Waals surface area (Å²) in [6.07, 6.45) is -0.588. The van der Waals surface area contributed by atoms with E-state index >= 15 is 0 Å². The van der Waals surface area contributed by atoms with Crippen molar-refractivity contribution in [2.45, 2.75) is 26.1 Å². The van der Waals surface area contributed by atoms with Crippen molar-refractivity contribution >= 4 is 40.4 Å². The Hall–Kier alpha value is -2.83. The highest BCUT2D eigenvalue weighted by Gasteiger charge is 2.28. The lowest BCUT2D eigenvalue weighted by atomic mass is 10.1. The summed E-state index contributed by atoms with van der Waals surface area (Å²) < 4.78 is 5.87. The van der Waals surface area contributed by atoms with Crippen LogP contribution < -0.4 is 10.1 Å². The van der Waals surface area contributed by atoms with Crippen LogP contribution in [0.1, 0.15) is 27.7 Å². The van der Waals surface area contributed by atoms with Crippen molar-refractivity contribution in [1.29, 1.82) is 0 Å². The number of ether oxygens (including phenoxy) is 1. The van der Waals surface area contributed by atoms with E-state index in [1.807, 2.05) is 41.8 Å². The van der Waals surface area contributed by atoms with Gasteiger partial charge in [0.15, 0.2) is 6.10 Å². The van der Waals surface area contributed by atoms with Gasteiger partial charge in [-0.1, -0.05) is 29.8 Å². The summed E-state index contributed by atoms with van der Waals surface area (Å²) in [5.41, 5.74) is 2.50. The van der Waals surface area contributed by atoms with E-state index in [-0.39, 0.29) is 11.8 Å². The molecule has 5 nitrogen and oxygen atoms in total. The van der Waals surface area contributed by atoms with E-state index in [4.69, 9.17) is 16.3 Å². The molecule has 1 N–H and O–H groups in total. The Morgan fingerprint density at radius 2 is 2.03 bits per heavy atom. The van der Waals surface area contributed by atoms with Gasteiger partial charge >= 0.3 is 0 Å². The lowest BCUT2D eigenvalue weighted by molar-refractivity contribution is -0.138. The van der Waals surface area contributed by atoms with Crippen LogP contribution in [0, 0.1) is 0 Å². The van der Waals surface area contributed by atoms with E-state index in [1.54, 1.807) is 30.0 Å². The molecule has 1 aromatic heterocycles. The molecule has 0 saturated heterocycles. The van der Waals surface area contributed by atoms with E-state index in [0.717, 1.165) is 11.1 Å². The van der Waals surface area contributed by atoms with Gasteiger partial charge in [0.05, 0.1) is 4.88 Å². The standard InChI is InChI=1S/C22H19ClN2O3S/c1-14-22(27)25(12-15-4-6-17(23)7-5-15)13-16-11-18(8-9-19(16)28-14)24-21(26)20-3-2-10-29-20/h2-11,14H,12-13H2,1H3,(H,24,26)/t14-/m1/s1. The fourth-order valence-electron chi connectivity index (χ4n) is 3.22. The lowest BCUT2D eigenvalue weighted by Gasteiger charge is -2.22. The number of hydrogen-bond acceptors (Lipinski definition) is 4. The van der Waals surface area contributed by atoms with Crippen molar-refractivity contribution in [3.05, 3.63) is 81.0 Å². The van der Waals surface area contributed by atoms with Crippen molar-refractivity contribution in [3.63, 3.8) is 0 Å². The fourth-order valence-corrected chi connectivity index (χ4v) is 3.97. The number of amides is 2. The highest BCUT2D eigenvalue weighted by Crippen LogP contribution is 2.30. The molecule has 1 aliphatic rings. The van der Waals surface area contributed by atoms with Gasteiger partial charge in [-0.3, -0.25) is 9.59 Å². The van der Waals surface area contributed by atoms with E-state index in [9.17, 15) is 9.59 Å². The smallest absolute Gasteiger partial charge is 0.265 e. The molecule has 2 aromatic carbocycles. The van der Waals surface area contributed by atoms with E-state index in [0.29, 0.717) is 34.4 Å². The molecule has 0 bridgehead atoms. The number of nitrogens with one attached hydrogen (secondary N) is 1. The largest absolute Gasteiger partial charge is 0.481 e. The number of anilines is 1. The monoisotopic (exact) mass is 426 g/mol. The van der Waals surface area contributed by atoms with Crippen LogP contribution in [0.25, 0.3) is 0 Å². The molecular weight excluding hydrogens is 408 g/mol. The maximum absolute atomic E-state index is 12.8. The molecule has 0 spiro atoms. The average molecular weight is 427 g/mol. The number of benzene rings is 2. The van der Waals surface area contributed by atoms with E-state index in [2.05, 4.69) is 5.32 Å². The van der Waals surface area contributed by atoms with E-state index in [1.165, 1.54) is 11.3 Å². The molecule has 2 amide bonds. The molecule has 1 atom stereocenters. The van der Waals surface area contributed by atoms with Crippen LogP contribution in [0.3, 0.4) is 0 Å². The summed E-state index contributed by atoms with van der Waals surface area (Å²) in [6, 6.07) is 16.5. The Labute approximate surface area is 177 Å². The normalized spacial score (nSPS) is 16.0. The summed E-state index contributed by atoms with van der Waals surface area (Å²) in [6.45, 7) is 2.59. The minimum absolute atomic E-state index is 0.0830.